The molecular formula is C15H15FN4O2. The Bertz CT molecular complexity index is 674. The monoisotopic (exact) mass is 302 g/mol. The molecule has 0 aliphatic carbocycles. The lowest BCUT2D eigenvalue weighted by Crippen LogP contribution is -2.39. The van der Waals surface area contributed by atoms with E-state index in [0.29, 0.717) is 16.8 Å². The van der Waals surface area contributed by atoms with E-state index in [2.05, 4.69) is 15.6 Å². The van der Waals surface area contributed by atoms with Gasteiger partial charge in [0, 0.05) is 5.70 Å². The summed E-state index contributed by atoms with van der Waals surface area (Å²) in [5, 5.41) is 14.0. The fourth-order valence-corrected chi connectivity index (χ4v) is 2.15. The van der Waals surface area contributed by atoms with Crippen LogP contribution in [0.4, 0.5) is 4.39 Å². The van der Waals surface area contributed by atoms with Gasteiger partial charge in [-0.25, -0.2) is 14.2 Å². The molecule has 22 heavy (non-hydrogen) atoms. The van der Waals surface area contributed by atoms with Crippen LogP contribution in [0.25, 0.3) is 0 Å². The second-order valence-electron chi connectivity index (χ2n) is 4.55. The Kier molecular flexibility index (Phi) is 4.73. The Morgan fingerprint density at radius 3 is 2.77 bits per heavy atom. The first-order valence-electron chi connectivity index (χ1n) is 6.70. The summed E-state index contributed by atoms with van der Waals surface area (Å²) in [6.07, 6.45) is 1.77. The molecule has 1 aliphatic heterocycles. The molecule has 1 aliphatic rings. The van der Waals surface area contributed by atoms with Crippen LogP contribution in [0.3, 0.4) is 0 Å². The molecule has 0 saturated heterocycles. The summed E-state index contributed by atoms with van der Waals surface area (Å²) in [6, 6.07) is 5.01. The normalized spacial score (nSPS) is 17.2. The van der Waals surface area contributed by atoms with Gasteiger partial charge in [0.15, 0.2) is 6.19 Å². The number of allylic oxidation sites excluding steroid dienone is 1. The van der Waals surface area contributed by atoms with Crippen LogP contribution in [-0.4, -0.2) is 18.5 Å². The van der Waals surface area contributed by atoms with E-state index in [1.54, 1.807) is 32.2 Å². The third-order valence-corrected chi connectivity index (χ3v) is 3.10. The molecule has 0 fully saturated rings. The number of nitrogens with one attached hydrogen (secondary N) is 2. The zero-order valence-electron chi connectivity index (χ0n) is 12.2. The summed E-state index contributed by atoms with van der Waals surface area (Å²) < 4.78 is 18.2. The smallest absolute Gasteiger partial charge is 0.338 e. The van der Waals surface area contributed by atoms with Crippen molar-refractivity contribution in [3.63, 3.8) is 0 Å². The van der Waals surface area contributed by atoms with E-state index in [0.717, 1.165) is 0 Å². The van der Waals surface area contributed by atoms with Crippen LogP contribution in [-0.2, 0) is 9.53 Å². The molecule has 0 aromatic heterocycles. The van der Waals surface area contributed by atoms with Crippen molar-refractivity contribution < 1.29 is 13.9 Å². The molecule has 7 heteroatoms. The van der Waals surface area contributed by atoms with Crippen molar-refractivity contribution in [3.05, 3.63) is 46.9 Å². The maximum Gasteiger partial charge on any atom is 0.338 e. The van der Waals surface area contributed by atoms with Crippen molar-refractivity contribution in [3.8, 4) is 6.19 Å². The number of rotatable bonds is 3. The van der Waals surface area contributed by atoms with Crippen molar-refractivity contribution in [1.29, 1.82) is 5.26 Å². The van der Waals surface area contributed by atoms with Crippen LogP contribution in [0.5, 0.6) is 0 Å². The van der Waals surface area contributed by atoms with Crippen LogP contribution >= 0.6 is 0 Å². The second-order valence-corrected chi connectivity index (χ2v) is 4.55. The van der Waals surface area contributed by atoms with E-state index in [9.17, 15) is 9.18 Å². The van der Waals surface area contributed by atoms with Gasteiger partial charge in [0.25, 0.3) is 0 Å². The highest BCUT2D eigenvalue weighted by Crippen LogP contribution is 2.31. The predicted molar refractivity (Wildman–Crippen MR) is 77.8 cm³/mol. The fourth-order valence-electron chi connectivity index (χ4n) is 2.15. The summed E-state index contributed by atoms with van der Waals surface area (Å²) in [5.41, 5.74) is 1.49. The van der Waals surface area contributed by atoms with Crippen LogP contribution < -0.4 is 10.6 Å². The Hall–Kier alpha value is -2.88. The largest absolute Gasteiger partial charge is 0.463 e. The minimum atomic E-state index is -0.670. The van der Waals surface area contributed by atoms with Gasteiger partial charge in [-0.1, -0.05) is 12.1 Å². The Morgan fingerprint density at radius 1 is 1.50 bits per heavy atom. The molecule has 0 bridgehead atoms. The first-order valence-corrected chi connectivity index (χ1v) is 6.70. The molecule has 0 amide bonds. The van der Waals surface area contributed by atoms with E-state index in [4.69, 9.17) is 10.00 Å². The van der Waals surface area contributed by atoms with Gasteiger partial charge in [-0.15, -0.1) is 0 Å². The SMILES string of the molecule is CCOC(=O)C1=C(C)NC(NC#N)=N[C@@H]1c1ccc(F)cc1. The standard InChI is InChI=1S/C15H15FN4O2/c1-3-22-14(21)12-9(2)19-15(18-8-17)20-13(12)10-4-6-11(16)7-5-10/h4-7,13H,3H2,1-2H3,(H2,18,19,20)/t13-/m1/s1. The minimum Gasteiger partial charge on any atom is -0.463 e. The molecule has 0 spiro atoms. The predicted octanol–water partition coefficient (Wildman–Crippen LogP) is 1.73. The van der Waals surface area contributed by atoms with Gasteiger partial charge in [0.1, 0.15) is 11.9 Å². The molecule has 2 rings (SSSR count). The zero-order valence-corrected chi connectivity index (χ0v) is 12.2. The van der Waals surface area contributed by atoms with E-state index >= 15 is 0 Å². The number of aliphatic imine (C=N–C) groups is 1. The second kappa shape index (κ2) is 6.72. The van der Waals surface area contributed by atoms with Crippen LogP contribution in [0, 0.1) is 17.3 Å². The minimum absolute atomic E-state index is 0.224. The van der Waals surface area contributed by atoms with E-state index in [1.807, 2.05) is 0 Å². The molecule has 0 unspecified atom stereocenters. The van der Waals surface area contributed by atoms with Gasteiger partial charge in [-0.3, -0.25) is 5.32 Å². The molecule has 1 atom stereocenters. The third-order valence-electron chi connectivity index (χ3n) is 3.10. The van der Waals surface area contributed by atoms with E-state index in [1.165, 1.54) is 12.1 Å². The fraction of sp³-hybridized carbons (Fsp3) is 0.267. The molecule has 2 N–H and O–H groups in total. The number of nitrogens with zero attached hydrogens (tertiary/aromatic N) is 2. The zero-order chi connectivity index (χ0) is 16.1. The first-order chi connectivity index (χ1) is 10.6. The number of nitriles is 1. The van der Waals surface area contributed by atoms with Crippen molar-refractivity contribution in [2.24, 2.45) is 4.99 Å². The summed E-state index contributed by atoms with van der Waals surface area (Å²) in [7, 11) is 0. The lowest BCUT2D eigenvalue weighted by atomic mass is 9.96. The summed E-state index contributed by atoms with van der Waals surface area (Å²) in [5.74, 6) is -0.653. The van der Waals surface area contributed by atoms with Gasteiger partial charge in [-0.2, -0.15) is 5.26 Å². The van der Waals surface area contributed by atoms with Gasteiger partial charge < -0.3 is 10.1 Å². The maximum atomic E-state index is 13.1. The maximum absolute atomic E-state index is 13.1. The highest BCUT2D eigenvalue weighted by atomic mass is 19.1. The summed E-state index contributed by atoms with van der Waals surface area (Å²) >= 11 is 0. The van der Waals surface area contributed by atoms with Crippen molar-refractivity contribution in [1.82, 2.24) is 10.6 Å². The molecule has 1 aromatic rings. The van der Waals surface area contributed by atoms with Gasteiger partial charge in [-0.05, 0) is 31.5 Å². The number of hydrogen-bond acceptors (Lipinski definition) is 6. The lowest BCUT2D eigenvalue weighted by Gasteiger charge is -2.25. The number of carbonyl (C=O) groups is 1. The lowest BCUT2D eigenvalue weighted by molar-refractivity contribution is -0.138. The summed E-state index contributed by atoms with van der Waals surface area (Å²) in [4.78, 5) is 16.5. The molecule has 6 nitrogen and oxygen atoms in total. The number of esters is 1. The van der Waals surface area contributed by atoms with Crippen LogP contribution in [0.15, 0.2) is 40.5 Å². The van der Waals surface area contributed by atoms with Gasteiger partial charge in [0.05, 0.1) is 12.2 Å². The number of guanidine groups is 1. The van der Waals surface area contributed by atoms with Gasteiger partial charge in [0.2, 0.25) is 5.96 Å². The molecule has 0 saturated carbocycles. The highest BCUT2D eigenvalue weighted by molar-refractivity contribution is 5.95. The number of hydrogen-bond donors (Lipinski definition) is 2. The van der Waals surface area contributed by atoms with Crippen LogP contribution in [0.2, 0.25) is 0 Å². The molecular weight excluding hydrogens is 287 g/mol. The average molecular weight is 302 g/mol. The topological polar surface area (TPSA) is 86.5 Å². The van der Waals surface area contributed by atoms with Crippen molar-refractivity contribution >= 4 is 11.9 Å². The highest BCUT2D eigenvalue weighted by Gasteiger charge is 2.30. The Morgan fingerprint density at radius 2 is 2.18 bits per heavy atom. The molecule has 1 heterocycles. The molecule has 114 valence electrons. The quantitative estimate of drug-likeness (QED) is 0.504. The number of benzene rings is 1. The number of carbonyl (C=O) groups excluding carboxylic acids is 1. The van der Waals surface area contributed by atoms with E-state index < -0.39 is 12.0 Å². The van der Waals surface area contributed by atoms with Crippen LogP contribution in [0.1, 0.15) is 25.5 Å². The van der Waals surface area contributed by atoms with E-state index in [-0.39, 0.29) is 18.4 Å². The first kappa shape index (κ1) is 15.5. The average Bonchev–Trinajstić information content (AvgIpc) is 2.48. The van der Waals surface area contributed by atoms with Crippen molar-refractivity contribution in [2.75, 3.05) is 6.61 Å². The number of halogens is 1. The molecule has 1 aromatic carbocycles. The third kappa shape index (κ3) is 3.23. The Balaban J connectivity index is 2.45. The Labute approximate surface area is 127 Å². The number of ether oxygens (including phenoxy) is 1. The summed E-state index contributed by atoms with van der Waals surface area (Å²) in [6.45, 7) is 3.64. The molecule has 0 radical (unpaired) electrons. The van der Waals surface area contributed by atoms with Gasteiger partial charge >= 0.3 is 5.97 Å². The van der Waals surface area contributed by atoms with Crippen molar-refractivity contribution in [2.45, 2.75) is 19.9 Å².